The number of benzene rings is 1. The highest BCUT2D eigenvalue weighted by Crippen LogP contribution is 2.38. The maximum Gasteiger partial charge on any atom is 0.256 e. The normalized spacial score (nSPS) is 13.8. The Morgan fingerprint density at radius 2 is 1.37 bits per heavy atom. The van der Waals surface area contributed by atoms with Gasteiger partial charge in [-0.25, -0.2) is 0 Å². The highest BCUT2D eigenvalue weighted by molar-refractivity contribution is 14.1. The van der Waals surface area contributed by atoms with Crippen molar-refractivity contribution in [2.45, 2.75) is 25.2 Å². The highest BCUT2D eigenvalue weighted by atomic mass is 127. The van der Waals surface area contributed by atoms with Crippen LogP contribution in [0.4, 0.5) is 5.69 Å². The molecule has 12 nitrogen and oxygen atoms in total. The number of carbonyl (C=O) groups is 3. The average molecular weight is 835 g/mol. The number of hydrogen-bond acceptors (Lipinski definition) is 9. The quantitative estimate of drug-likeness (QED) is 0.137. The maximum absolute atomic E-state index is 13.6. The third-order valence-corrected chi connectivity index (χ3v) is 7.91. The van der Waals surface area contributed by atoms with Crippen LogP contribution in [0.3, 0.4) is 0 Å². The van der Waals surface area contributed by atoms with Gasteiger partial charge in [0.15, 0.2) is 0 Å². The molecule has 0 aliphatic carbocycles. The Kier molecular flexibility index (Phi) is 14.1. The molecule has 198 valence electrons. The molecule has 0 aliphatic rings. The molecule has 0 heterocycles. The van der Waals surface area contributed by atoms with Gasteiger partial charge in [0, 0.05) is 30.7 Å². The van der Waals surface area contributed by atoms with Crippen molar-refractivity contribution in [3.8, 4) is 0 Å². The van der Waals surface area contributed by atoms with Crippen molar-refractivity contribution < 1.29 is 44.7 Å². The van der Waals surface area contributed by atoms with Gasteiger partial charge in [0.2, 0.25) is 5.91 Å². The van der Waals surface area contributed by atoms with Gasteiger partial charge in [-0.3, -0.25) is 14.4 Å². The number of methoxy groups -OCH3 is 1. The van der Waals surface area contributed by atoms with E-state index in [1.54, 1.807) is 22.6 Å². The van der Waals surface area contributed by atoms with Gasteiger partial charge in [-0.1, -0.05) is 0 Å². The number of carbonyl (C=O) groups excluding carboxylic acids is 3. The average Bonchev–Trinajstić information content (AvgIpc) is 2.77. The molecular formula is C20H28I3N3O9. The number of aliphatic hydroxyl groups excluding tert-OH is 5. The Hall–Kier alpha value is -0.420. The molecule has 0 aliphatic heterocycles. The SMILES string of the molecule is COCC(O)CN(C(C)=O)c1c(I)c(C(N)=O)c(I)c(C(=O)N(CC(O)CO)CC(O)CO)c1I. The van der Waals surface area contributed by atoms with Gasteiger partial charge < -0.3 is 45.8 Å². The first kappa shape index (κ1) is 32.6. The van der Waals surface area contributed by atoms with Crippen LogP contribution in [0, 0.1) is 10.7 Å². The predicted octanol–water partition coefficient (Wildman–Crippen LogP) is -0.892. The topological polar surface area (TPSA) is 194 Å². The van der Waals surface area contributed by atoms with Gasteiger partial charge in [0.25, 0.3) is 11.8 Å². The van der Waals surface area contributed by atoms with Crippen molar-refractivity contribution in [3.05, 3.63) is 21.8 Å². The van der Waals surface area contributed by atoms with E-state index >= 15 is 0 Å². The number of amides is 3. The van der Waals surface area contributed by atoms with Crippen LogP contribution in [-0.2, 0) is 9.53 Å². The molecule has 0 spiro atoms. The number of rotatable bonds is 13. The van der Waals surface area contributed by atoms with Crippen molar-refractivity contribution in [2.75, 3.05) is 51.5 Å². The summed E-state index contributed by atoms with van der Waals surface area (Å²) in [6, 6.07) is 0. The number of ether oxygens (including phenoxy) is 1. The van der Waals surface area contributed by atoms with Crippen LogP contribution in [0.2, 0.25) is 0 Å². The first-order valence-electron chi connectivity index (χ1n) is 10.1. The number of nitrogens with zero attached hydrogens (tertiary/aromatic N) is 2. The Balaban J connectivity index is 3.84. The van der Waals surface area contributed by atoms with Crippen LogP contribution in [0.5, 0.6) is 0 Å². The summed E-state index contributed by atoms with van der Waals surface area (Å²) in [5.74, 6) is -2.07. The number of anilines is 1. The molecule has 35 heavy (non-hydrogen) atoms. The fourth-order valence-electron chi connectivity index (χ4n) is 3.15. The van der Waals surface area contributed by atoms with Crippen molar-refractivity contribution in [3.63, 3.8) is 0 Å². The van der Waals surface area contributed by atoms with Gasteiger partial charge in [-0.15, -0.1) is 0 Å². The largest absolute Gasteiger partial charge is 0.394 e. The third-order valence-electron chi connectivity index (χ3n) is 4.73. The van der Waals surface area contributed by atoms with E-state index < -0.39 is 49.2 Å². The van der Waals surface area contributed by atoms with Gasteiger partial charge in [-0.05, 0) is 67.8 Å². The first-order chi connectivity index (χ1) is 16.3. The van der Waals surface area contributed by atoms with Crippen molar-refractivity contribution in [1.82, 2.24) is 4.90 Å². The van der Waals surface area contributed by atoms with Crippen molar-refractivity contribution in [1.29, 1.82) is 0 Å². The second-order valence-corrected chi connectivity index (χ2v) is 10.8. The van der Waals surface area contributed by atoms with Gasteiger partial charge in [0.1, 0.15) is 0 Å². The molecule has 1 rings (SSSR count). The van der Waals surface area contributed by atoms with E-state index in [1.807, 2.05) is 45.2 Å². The molecule has 0 saturated carbocycles. The minimum Gasteiger partial charge on any atom is -0.394 e. The van der Waals surface area contributed by atoms with Gasteiger partial charge in [0.05, 0.1) is 68.6 Å². The molecule has 0 bridgehead atoms. The summed E-state index contributed by atoms with van der Waals surface area (Å²) < 4.78 is 5.66. The molecule has 3 unspecified atom stereocenters. The standard InChI is InChI=1S/C20H28I3N3O9/c1-9(29)26(5-12(32)8-35-2)18-16(22)13(19(24)33)15(21)14(17(18)23)20(34)25(3-10(30)6-27)4-11(31)7-28/h10-12,27-28,30-32H,3-8H2,1-2H3,(H2,24,33). The summed E-state index contributed by atoms with van der Waals surface area (Å²) in [5.41, 5.74) is 5.74. The Labute approximate surface area is 243 Å². The van der Waals surface area contributed by atoms with E-state index in [4.69, 9.17) is 10.5 Å². The summed E-state index contributed by atoms with van der Waals surface area (Å²) in [4.78, 5) is 40.8. The summed E-state index contributed by atoms with van der Waals surface area (Å²) >= 11 is 5.47. The number of aliphatic hydroxyl groups is 5. The second kappa shape index (κ2) is 15.1. The Morgan fingerprint density at radius 1 is 0.886 bits per heavy atom. The number of hydrogen-bond donors (Lipinski definition) is 6. The fraction of sp³-hybridized carbons (Fsp3) is 0.550. The van der Waals surface area contributed by atoms with Crippen molar-refractivity contribution >= 4 is 91.2 Å². The molecule has 3 amide bonds. The van der Waals surface area contributed by atoms with E-state index in [0.717, 1.165) is 4.90 Å². The van der Waals surface area contributed by atoms with E-state index in [-0.39, 0.29) is 53.8 Å². The molecule has 1 aromatic carbocycles. The zero-order chi connectivity index (χ0) is 27.0. The lowest BCUT2D eigenvalue weighted by molar-refractivity contribution is -0.117. The van der Waals surface area contributed by atoms with E-state index in [2.05, 4.69) is 0 Å². The van der Waals surface area contributed by atoms with Crippen LogP contribution < -0.4 is 10.6 Å². The molecule has 0 radical (unpaired) electrons. The lowest BCUT2D eigenvalue weighted by atomic mass is 10.1. The van der Waals surface area contributed by atoms with Crippen LogP contribution in [0.15, 0.2) is 0 Å². The van der Waals surface area contributed by atoms with E-state index in [0.29, 0.717) is 0 Å². The Bertz CT molecular complexity index is 923. The third kappa shape index (κ3) is 8.55. The molecule has 3 atom stereocenters. The molecule has 1 aromatic rings. The lowest BCUT2D eigenvalue weighted by Gasteiger charge is -2.31. The summed E-state index contributed by atoms with van der Waals surface area (Å²) in [5, 5.41) is 48.7. The Morgan fingerprint density at radius 3 is 1.77 bits per heavy atom. The summed E-state index contributed by atoms with van der Waals surface area (Å²) in [6.45, 7) is -1.08. The zero-order valence-electron chi connectivity index (χ0n) is 18.9. The van der Waals surface area contributed by atoms with Crippen LogP contribution in [0.25, 0.3) is 0 Å². The van der Waals surface area contributed by atoms with Crippen LogP contribution in [0.1, 0.15) is 27.6 Å². The van der Waals surface area contributed by atoms with Gasteiger partial charge >= 0.3 is 0 Å². The first-order valence-corrected chi connectivity index (χ1v) is 13.4. The lowest BCUT2D eigenvalue weighted by Crippen LogP contribution is -2.45. The summed E-state index contributed by atoms with van der Waals surface area (Å²) in [7, 11) is 1.39. The second-order valence-electron chi connectivity index (χ2n) is 7.53. The number of nitrogens with two attached hydrogens (primary N) is 1. The number of primary amides is 1. The molecule has 0 fully saturated rings. The zero-order valence-corrected chi connectivity index (χ0v) is 25.4. The molecular weight excluding hydrogens is 807 g/mol. The van der Waals surface area contributed by atoms with E-state index in [1.165, 1.54) is 18.9 Å². The predicted molar refractivity (Wildman–Crippen MR) is 151 cm³/mol. The van der Waals surface area contributed by atoms with Gasteiger partial charge in [-0.2, -0.15) is 0 Å². The van der Waals surface area contributed by atoms with Crippen molar-refractivity contribution in [2.24, 2.45) is 5.73 Å². The van der Waals surface area contributed by atoms with E-state index in [9.17, 15) is 39.9 Å². The minimum atomic E-state index is -1.34. The smallest absolute Gasteiger partial charge is 0.256 e. The van der Waals surface area contributed by atoms with Crippen LogP contribution >= 0.6 is 67.8 Å². The number of halogens is 3. The monoisotopic (exact) mass is 835 g/mol. The fourth-order valence-corrected chi connectivity index (χ4v) is 7.89. The molecule has 15 heteroatoms. The van der Waals surface area contributed by atoms with Crippen LogP contribution in [-0.4, -0.2) is 113 Å². The molecule has 7 N–H and O–H groups in total. The highest BCUT2D eigenvalue weighted by Gasteiger charge is 2.33. The molecule has 0 saturated heterocycles. The summed E-state index contributed by atoms with van der Waals surface area (Å²) in [6.07, 6.45) is -3.74. The maximum atomic E-state index is 13.6. The minimum absolute atomic E-state index is 0.0252. The molecule has 0 aromatic heterocycles.